The summed E-state index contributed by atoms with van der Waals surface area (Å²) in [6, 6.07) is 8.09. The van der Waals surface area contributed by atoms with E-state index in [0.717, 1.165) is 18.4 Å². The zero-order chi connectivity index (χ0) is 15.5. The van der Waals surface area contributed by atoms with Gasteiger partial charge in [-0.3, -0.25) is 9.59 Å². The first-order chi connectivity index (χ1) is 9.86. The van der Waals surface area contributed by atoms with Gasteiger partial charge in [0.25, 0.3) is 0 Å². The van der Waals surface area contributed by atoms with Crippen molar-refractivity contribution in [3.8, 4) is 0 Å². The Morgan fingerprint density at radius 2 is 1.76 bits per heavy atom. The van der Waals surface area contributed by atoms with Crippen molar-refractivity contribution >= 4 is 18.0 Å². The smallest absolute Gasteiger partial charge is 0.329 e. The average molecular weight is 287 g/mol. The van der Waals surface area contributed by atoms with Crippen molar-refractivity contribution in [2.45, 2.75) is 45.1 Å². The number of nitrogens with zero attached hydrogens (tertiary/aromatic N) is 1. The van der Waals surface area contributed by atoms with E-state index in [2.05, 4.69) is 36.6 Å². The summed E-state index contributed by atoms with van der Waals surface area (Å²) in [7, 11) is 0. The van der Waals surface area contributed by atoms with Gasteiger partial charge in [0.1, 0.15) is 0 Å². The molecule has 112 valence electrons. The van der Waals surface area contributed by atoms with Crippen LogP contribution in [0.15, 0.2) is 29.4 Å². The molecule has 0 aliphatic heterocycles. The first kappa shape index (κ1) is 15.2. The second-order valence-electron chi connectivity index (χ2n) is 6.32. The minimum absolute atomic E-state index is 0.102. The molecular weight excluding hydrogens is 266 g/mol. The van der Waals surface area contributed by atoms with Gasteiger partial charge in [0.2, 0.25) is 0 Å². The number of hydrazone groups is 1. The summed E-state index contributed by atoms with van der Waals surface area (Å²) < 4.78 is 0. The van der Waals surface area contributed by atoms with Gasteiger partial charge in [-0.25, -0.2) is 5.43 Å². The van der Waals surface area contributed by atoms with E-state index in [-0.39, 0.29) is 11.5 Å². The van der Waals surface area contributed by atoms with Crippen LogP contribution in [0.5, 0.6) is 0 Å². The maximum atomic E-state index is 11.4. The summed E-state index contributed by atoms with van der Waals surface area (Å²) in [5, 5.41) is 6.40. The Kier molecular flexibility index (Phi) is 4.40. The Morgan fingerprint density at radius 1 is 1.14 bits per heavy atom. The Morgan fingerprint density at radius 3 is 2.29 bits per heavy atom. The lowest BCUT2D eigenvalue weighted by Crippen LogP contribution is -2.38. The van der Waals surface area contributed by atoms with Gasteiger partial charge >= 0.3 is 11.8 Å². The summed E-state index contributed by atoms with van der Waals surface area (Å²) in [4.78, 5) is 22.8. The number of carbonyl (C=O) groups is 2. The standard InChI is InChI=1S/C16H21N3O2/c1-16(2,3)12-6-4-11(5-7-12)10-17-19-15(21)14(20)18-13-8-9-13/h4-7,10,13H,8-9H2,1-3H3,(H,18,20)(H,19,21)/b17-10+. The van der Waals surface area contributed by atoms with Crippen molar-refractivity contribution in [2.75, 3.05) is 0 Å². The number of amides is 2. The van der Waals surface area contributed by atoms with Crippen molar-refractivity contribution < 1.29 is 9.59 Å². The van der Waals surface area contributed by atoms with E-state index in [4.69, 9.17) is 0 Å². The predicted molar refractivity (Wildman–Crippen MR) is 82.0 cm³/mol. The van der Waals surface area contributed by atoms with E-state index < -0.39 is 11.8 Å². The van der Waals surface area contributed by atoms with Gasteiger partial charge in [-0.05, 0) is 29.4 Å². The maximum absolute atomic E-state index is 11.4. The van der Waals surface area contributed by atoms with E-state index in [9.17, 15) is 9.59 Å². The zero-order valence-electron chi connectivity index (χ0n) is 12.6. The number of nitrogens with one attached hydrogen (secondary N) is 2. The number of hydrogen-bond acceptors (Lipinski definition) is 3. The van der Waals surface area contributed by atoms with Crippen LogP contribution in [0.4, 0.5) is 0 Å². The molecule has 5 nitrogen and oxygen atoms in total. The van der Waals surface area contributed by atoms with Gasteiger partial charge in [0.05, 0.1) is 6.21 Å². The third-order valence-corrected chi connectivity index (χ3v) is 3.28. The van der Waals surface area contributed by atoms with Crippen LogP contribution in [0.1, 0.15) is 44.7 Å². The van der Waals surface area contributed by atoms with Crippen LogP contribution in [0.25, 0.3) is 0 Å². The summed E-state index contributed by atoms with van der Waals surface area (Å²) in [5.74, 6) is -1.36. The monoisotopic (exact) mass is 287 g/mol. The highest BCUT2D eigenvalue weighted by Crippen LogP contribution is 2.21. The van der Waals surface area contributed by atoms with E-state index in [1.807, 2.05) is 24.3 Å². The topological polar surface area (TPSA) is 70.6 Å². The molecular formula is C16H21N3O2. The van der Waals surface area contributed by atoms with Crippen LogP contribution < -0.4 is 10.7 Å². The molecule has 0 aromatic heterocycles. The molecule has 1 aliphatic carbocycles. The number of benzene rings is 1. The first-order valence-corrected chi connectivity index (χ1v) is 7.11. The Bertz CT molecular complexity index is 552. The second-order valence-corrected chi connectivity index (χ2v) is 6.32. The molecule has 0 radical (unpaired) electrons. The summed E-state index contributed by atoms with van der Waals surface area (Å²) >= 11 is 0. The van der Waals surface area contributed by atoms with Crippen LogP contribution >= 0.6 is 0 Å². The molecule has 1 aromatic rings. The predicted octanol–water partition coefficient (Wildman–Crippen LogP) is 1.71. The molecule has 1 fully saturated rings. The fraction of sp³-hybridized carbons (Fsp3) is 0.438. The largest absolute Gasteiger partial charge is 0.345 e. The Balaban J connectivity index is 1.86. The maximum Gasteiger partial charge on any atom is 0.329 e. The van der Waals surface area contributed by atoms with Gasteiger partial charge in [0.15, 0.2) is 0 Å². The molecule has 1 saturated carbocycles. The molecule has 0 unspecified atom stereocenters. The molecule has 2 N–H and O–H groups in total. The second kappa shape index (κ2) is 6.08. The van der Waals surface area contributed by atoms with Gasteiger partial charge < -0.3 is 5.32 Å². The highest BCUT2D eigenvalue weighted by Gasteiger charge is 2.26. The van der Waals surface area contributed by atoms with Crippen LogP contribution in [-0.4, -0.2) is 24.1 Å². The number of hydrogen-bond donors (Lipinski definition) is 2. The Labute approximate surface area is 124 Å². The molecule has 0 saturated heterocycles. The van der Waals surface area contributed by atoms with Gasteiger partial charge in [0, 0.05) is 6.04 Å². The van der Waals surface area contributed by atoms with Crippen molar-refractivity contribution in [3.05, 3.63) is 35.4 Å². The SMILES string of the molecule is CC(C)(C)c1ccc(/C=N/NC(=O)C(=O)NC2CC2)cc1. The van der Waals surface area contributed by atoms with Crippen molar-refractivity contribution in [2.24, 2.45) is 5.10 Å². The van der Waals surface area contributed by atoms with E-state index >= 15 is 0 Å². The Hall–Kier alpha value is -2.17. The quantitative estimate of drug-likeness (QED) is 0.505. The molecule has 0 heterocycles. The normalized spacial score (nSPS) is 15.0. The minimum Gasteiger partial charge on any atom is -0.345 e. The lowest BCUT2D eigenvalue weighted by atomic mass is 9.87. The lowest BCUT2D eigenvalue weighted by molar-refractivity contribution is -0.139. The fourth-order valence-electron chi connectivity index (χ4n) is 1.76. The molecule has 0 bridgehead atoms. The highest BCUT2D eigenvalue weighted by molar-refractivity contribution is 6.35. The van der Waals surface area contributed by atoms with Crippen LogP contribution in [0.3, 0.4) is 0 Å². The van der Waals surface area contributed by atoms with E-state index in [1.54, 1.807) is 0 Å². The first-order valence-electron chi connectivity index (χ1n) is 7.11. The van der Waals surface area contributed by atoms with Gasteiger partial charge in [-0.2, -0.15) is 5.10 Å². The van der Waals surface area contributed by atoms with Crippen LogP contribution in [0.2, 0.25) is 0 Å². The lowest BCUT2D eigenvalue weighted by Gasteiger charge is -2.18. The third-order valence-electron chi connectivity index (χ3n) is 3.28. The fourth-order valence-corrected chi connectivity index (χ4v) is 1.76. The molecule has 1 aliphatic rings. The van der Waals surface area contributed by atoms with Crippen LogP contribution in [0, 0.1) is 0 Å². The molecule has 5 heteroatoms. The summed E-state index contributed by atoms with van der Waals surface area (Å²) in [6.45, 7) is 6.44. The van der Waals surface area contributed by atoms with Crippen molar-refractivity contribution in [1.82, 2.24) is 10.7 Å². The zero-order valence-corrected chi connectivity index (χ0v) is 12.6. The van der Waals surface area contributed by atoms with E-state index in [0.29, 0.717) is 0 Å². The molecule has 0 atom stereocenters. The third kappa shape index (κ3) is 4.70. The summed E-state index contributed by atoms with van der Waals surface area (Å²) in [5.41, 5.74) is 4.43. The molecule has 2 rings (SSSR count). The van der Waals surface area contributed by atoms with Gasteiger partial charge in [-0.15, -0.1) is 0 Å². The van der Waals surface area contributed by atoms with E-state index in [1.165, 1.54) is 11.8 Å². The van der Waals surface area contributed by atoms with Crippen molar-refractivity contribution in [1.29, 1.82) is 0 Å². The minimum atomic E-state index is -0.732. The summed E-state index contributed by atoms with van der Waals surface area (Å²) in [6.07, 6.45) is 3.42. The van der Waals surface area contributed by atoms with Crippen LogP contribution in [-0.2, 0) is 15.0 Å². The molecule has 2 amide bonds. The molecule has 21 heavy (non-hydrogen) atoms. The van der Waals surface area contributed by atoms with Gasteiger partial charge in [-0.1, -0.05) is 45.0 Å². The number of rotatable bonds is 3. The number of carbonyl (C=O) groups excluding carboxylic acids is 2. The highest BCUT2D eigenvalue weighted by atomic mass is 16.2. The molecule has 0 spiro atoms. The average Bonchev–Trinajstić information content (AvgIpc) is 3.22. The van der Waals surface area contributed by atoms with Crippen molar-refractivity contribution in [3.63, 3.8) is 0 Å². The molecule has 1 aromatic carbocycles.